The highest BCUT2D eigenvalue weighted by atomic mass is 35.5. The maximum atomic E-state index is 9.00. The monoisotopic (exact) mass is 298 g/mol. The van der Waals surface area contributed by atoms with Gasteiger partial charge in [0.2, 0.25) is 0 Å². The van der Waals surface area contributed by atoms with E-state index in [0.717, 1.165) is 13.8 Å². The van der Waals surface area contributed by atoms with E-state index in [4.69, 9.17) is 53.2 Å². The Balaban J connectivity index is 0. The summed E-state index contributed by atoms with van der Waals surface area (Å²) in [7, 11) is 0. The molecule has 0 atom stereocenters. The number of aromatic hydroxyl groups is 2. The Morgan fingerprint density at radius 2 is 1.06 bits per heavy atom. The van der Waals surface area contributed by atoms with Gasteiger partial charge in [-0.05, 0) is 12.1 Å². The molecule has 18 heavy (non-hydrogen) atoms. The highest BCUT2D eigenvalue weighted by Gasteiger charge is 2.06. The van der Waals surface area contributed by atoms with Gasteiger partial charge < -0.3 is 20.4 Å². The van der Waals surface area contributed by atoms with Crippen LogP contribution in [0.4, 0.5) is 0 Å². The molecule has 0 saturated carbocycles. The van der Waals surface area contributed by atoms with Crippen molar-refractivity contribution >= 4 is 35.1 Å². The molecule has 0 spiro atoms. The van der Waals surface area contributed by atoms with Crippen molar-refractivity contribution in [3.8, 4) is 11.5 Å². The molecular formula is C10H12Cl2O6. The third kappa shape index (κ3) is 10.8. The summed E-state index contributed by atoms with van der Waals surface area (Å²) in [5.41, 5.74) is 0. The van der Waals surface area contributed by atoms with E-state index in [-0.39, 0.29) is 21.5 Å². The zero-order chi connectivity index (χ0) is 14.9. The molecule has 0 amide bonds. The average molecular weight is 299 g/mol. The van der Waals surface area contributed by atoms with Gasteiger partial charge in [-0.1, -0.05) is 23.2 Å². The van der Waals surface area contributed by atoms with Gasteiger partial charge in [-0.3, -0.25) is 9.59 Å². The van der Waals surface area contributed by atoms with Gasteiger partial charge in [-0.25, -0.2) is 0 Å². The Kier molecular flexibility index (Phi) is 9.74. The third-order valence-electron chi connectivity index (χ3n) is 1.04. The van der Waals surface area contributed by atoms with Crippen LogP contribution in [0.25, 0.3) is 0 Å². The Bertz CT molecular complexity index is 372. The molecule has 4 N–H and O–H groups in total. The third-order valence-corrected chi connectivity index (χ3v) is 1.90. The number of carboxylic acid groups (broad SMARTS) is 2. The van der Waals surface area contributed by atoms with Gasteiger partial charge >= 0.3 is 0 Å². The van der Waals surface area contributed by atoms with Gasteiger partial charge in [0.25, 0.3) is 11.9 Å². The molecule has 0 aliphatic heterocycles. The van der Waals surface area contributed by atoms with E-state index in [9.17, 15) is 0 Å². The highest BCUT2D eigenvalue weighted by Crippen LogP contribution is 2.36. The summed E-state index contributed by atoms with van der Waals surface area (Å²) in [6.07, 6.45) is 0. The Labute approximate surface area is 113 Å². The highest BCUT2D eigenvalue weighted by molar-refractivity contribution is 6.43. The lowest BCUT2D eigenvalue weighted by Gasteiger charge is -1.99. The number of halogens is 2. The first-order valence-electron chi connectivity index (χ1n) is 4.34. The van der Waals surface area contributed by atoms with E-state index in [1.54, 1.807) is 0 Å². The first-order valence-corrected chi connectivity index (χ1v) is 5.10. The maximum Gasteiger partial charge on any atom is 0.300 e. The van der Waals surface area contributed by atoms with Gasteiger partial charge in [-0.15, -0.1) is 0 Å². The van der Waals surface area contributed by atoms with Crippen molar-refractivity contribution in [3.63, 3.8) is 0 Å². The van der Waals surface area contributed by atoms with Crippen LogP contribution >= 0.6 is 23.2 Å². The second kappa shape index (κ2) is 9.38. The second-order valence-electron chi connectivity index (χ2n) is 2.77. The molecule has 0 saturated heterocycles. The lowest BCUT2D eigenvalue weighted by molar-refractivity contribution is -0.135. The van der Waals surface area contributed by atoms with E-state index >= 15 is 0 Å². The zero-order valence-corrected chi connectivity index (χ0v) is 11.0. The zero-order valence-electron chi connectivity index (χ0n) is 9.52. The number of rotatable bonds is 0. The van der Waals surface area contributed by atoms with Crippen molar-refractivity contribution in [2.45, 2.75) is 13.8 Å². The van der Waals surface area contributed by atoms with E-state index in [1.807, 2.05) is 0 Å². The molecule has 0 unspecified atom stereocenters. The molecule has 0 aliphatic rings. The average Bonchev–Trinajstić information content (AvgIpc) is 2.19. The number of hydrogen-bond acceptors (Lipinski definition) is 4. The largest absolute Gasteiger partial charge is 0.506 e. The fraction of sp³-hybridized carbons (Fsp3) is 0.200. The van der Waals surface area contributed by atoms with Crippen LogP contribution in [-0.4, -0.2) is 32.4 Å². The van der Waals surface area contributed by atoms with Crippen LogP contribution < -0.4 is 0 Å². The van der Waals surface area contributed by atoms with Crippen LogP contribution in [0.5, 0.6) is 11.5 Å². The molecule has 0 aliphatic carbocycles. The fourth-order valence-corrected chi connectivity index (χ4v) is 0.849. The van der Waals surface area contributed by atoms with Crippen LogP contribution in [0.15, 0.2) is 12.1 Å². The lowest BCUT2D eigenvalue weighted by Crippen LogP contribution is -1.78. The molecule has 0 heterocycles. The number of aliphatic carboxylic acids is 2. The number of phenolic OH excluding ortho intramolecular Hbond substituents is 2. The van der Waals surface area contributed by atoms with Crippen LogP contribution in [0, 0.1) is 0 Å². The van der Waals surface area contributed by atoms with Crippen molar-refractivity contribution in [1.29, 1.82) is 0 Å². The summed E-state index contributed by atoms with van der Waals surface area (Å²) < 4.78 is 0. The van der Waals surface area contributed by atoms with Crippen molar-refractivity contribution in [3.05, 3.63) is 22.2 Å². The summed E-state index contributed by atoms with van der Waals surface area (Å²) in [5.74, 6) is -1.94. The van der Waals surface area contributed by atoms with Gasteiger partial charge in [0.1, 0.15) is 21.5 Å². The molecule has 8 heteroatoms. The normalized spacial score (nSPS) is 8.22. The minimum Gasteiger partial charge on any atom is -0.506 e. The molecule has 1 aromatic rings. The molecule has 0 aromatic heterocycles. The lowest BCUT2D eigenvalue weighted by atomic mass is 10.3. The van der Waals surface area contributed by atoms with Crippen molar-refractivity contribution < 1.29 is 30.0 Å². The van der Waals surface area contributed by atoms with Gasteiger partial charge in [0, 0.05) is 13.8 Å². The SMILES string of the molecule is CC(=O)O.CC(=O)O.Oc1ccc(O)c(Cl)c1Cl. The molecule has 6 nitrogen and oxygen atoms in total. The Hall–Kier alpha value is -1.66. The molecule has 1 aromatic carbocycles. The quantitative estimate of drug-likeness (QED) is 0.547. The molecular weight excluding hydrogens is 287 g/mol. The number of phenols is 2. The molecule has 1 rings (SSSR count). The summed E-state index contributed by atoms with van der Waals surface area (Å²) in [6, 6.07) is 2.53. The van der Waals surface area contributed by atoms with Crippen LogP contribution in [-0.2, 0) is 9.59 Å². The number of hydrogen-bond donors (Lipinski definition) is 4. The number of carboxylic acids is 2. The van der Waals surface area contributed by atoms with Crippen molar-refractivity contribution in [2.75, 3.05) is 0 Å². The second-order valence-corrected chi connectivity index (χ2v) is 3.53. The summed E-state index contributed by atoms with van der Waals surface area (Å²) >= 11 is 10.9. The van der Waals surface area contributed by atoms with E-state index in [0.29, 0.717) is 0 Å². The van der Waals surface area contributed by atoms with Crippen molar-refractivity contribution in [1.82, 2.24) is 0 Å². The number of carbonyl (C=O) groups is 2. The standard InChI is InChI=1S/C6H4Cl2O2.2C2H4O2/c7-5-3(9)1-2-4(10)6(5)8;2*1-2(3)4/h1-2,9-10H;2*1H3,(H,3,4). The minimum absolute atomic E-state index is 0.0262. The summed E-state index contributed by atoms with van der Waals surface area (Å²) in [4.78, 5) is 18.0. The van der Waals surface area contributed by atoms with Crippen LogP contribution in [0.1, 0.15) is 13.8 Å². The summed E-state index contributed by atoms with van der Waals surface area (Å²) in [5, 5.41) is 32.6. The first kappa shape index (κ1) is 18.7. The maximum absolute atomic E-state index is 9.00. The number of benzene rings is 1. The van der Waals surface area contributed by atoms with Crippen molar-refractivity contribution in [2.24, 2.45) is 0 Å². The van der Waals surface area contributed by atoms with Crippen LogP contribution in [0.2, 0.25) is 10.0 Å². The predicted octanol–water partition coefficient (Wildman–Crippen LogP) is 2.59. The smallest absolute Gasteiger partial charge is 0.300 e. The van der Waals surface area contributed by atoms with E-state index in [1.165, 1.54) is 12.1 Å². The predicted molar refractivity (Wildman–Crippen MR) is 66.4 cm³/mol. The van der Waals surface area contributed by atoms with E-state index in [2.05, 4.69) is 0 Å². The Morgan fingerprint density at radius 3 is 1.22 bits per heavy atom. The molecule has 0 radical (unpaired) electrons. The molecule has 102 valence electrons. The molecule has 0 bridgehead atoms. The Morgan fingerprint density at radius 1 is 0.889 bits per heavy atom. The van der Waals surface area contributed by atoms with E-state index < -0.39 is 11.9 Å². The van der Waals surface area contributed by atoms with Gasteiger partial charge in [0.05, 0.1) is 0 Å². The topological polar surface area (TPSA) is 115 Å². The summed E-state index contributed by atoms with van der Waals surface area (Å²) in [6.45, 7) is 2.17. The fourth-order valence-electron chi connectivity index (χ4n) is 0.529. The van der Waals surface area contributed by atoms with Gasteiger partial charge in [0.15, 0.2) is 0 Å². The minimum atomic E-state index is -0.833. The first-order chi connectivity index (χ1) is 8.09. The van der Waals surface area contributed by atoms with Gasteiger partial charge in [-0.2, -0.15) is 0 Å². The van der Waals surface area contributed by atoms with Crippen LogP contribution in [0.3, 0.4) is 0 Å². The molecule has 0 fully saturated rings.